The Morgan fingerprint density at radius 1 is 0.623 bits per heavy atom. The summed E-state index contributed by atoms with van der Waals surface area (Å²) in [6.45, 7) is 24.5. The third kappa shape index (κ3) is 9.18. The number of hydrogen-bond acceptors (Lipinski definition) is 8. The van der Waals surface area contributed by atoms with Crippen molar-refractivity contribution in [2.45, 2.75) is 131 Å². The van der Waals surface area contributed by atoms with Gasteiger partial charge in [-0.15, -0.1) is 0 Å². The highest BCUT2D eigenvalue weighted by molar-refractivity contribution is 6.29. The number of hydrogen-bond donors (Lipinski definition) is 0. The van der Waals surface area contributed by atoms with Gasteiger partial charge in [0.2, 0.25) is 0 Å². The van der Waals surface area contributed by atoms with Crippen LogP contribution in [0.5, 0.6) is 11.5 Å². The number of pyridine rings is 2. The number of rotatable bonds is 13. The quantitative estimate of drug-likeness (QED) is 0.123. The van der Waals surface area contributed by atoms with Crippen LogP contribution in [0.15, 0.2) is 60.9 Å². The molecule has 6 heterocycles. The molecule has 61 heavy (non-hydrogen) atoms. The van der Waals surface area contributed by atoms with Gasteiger partial charge in [-0.3, -0.25) is 24.4 Å². The van der Waals surface area contributed by atoms with Crippen LogP contribution in [-0.2, 0) is 6.42 Å². The van der Waals surface area contributed by atoms with Crippen LogP contribution in [0.2, 0.25) is 5.15 Å². The summed E-state index contributed by atoms with van der Waals surface area (Å²) in [5.41, 5.74) is 10.1. The normalized spacial score (nSPS) is 21.7. The molecule has 4 aromatic rings. The molecule has 0 unspecified atom stereocenters. The summed E-state index contributed by atoms with van der Waals surface area (Å²) in [6, 6.07) is 18.0. The van der Waals surface area contributed by atoms with Crippen LogP contribution in [0.25, 0.3) is 0 Å². The average molecular weight is 850 g/mol. The Morgan fingerprint density at radius 2 is 1.08 bits per heavy atom. The number of ether oxygens (including phenoxy) is 2. The van der Waals surface area contributed by atoms with E-state index in [-0.39, 0.29) is 17.9 Å². The SMILES string of the molecule is CCCOc1ccc([C@H](C)N2C[C@@H]3C[C@H]2CN3C(=O)c2ccc(CC)nc2)c(C)c1C.CCCOc1ccc([C@H](C)N2C[C@@H]3C[C@H]2CN3C(=O)c2ccc(Cl)nc2)c(C)c1C. The standard InChI is InChI=1S/C26H35N3O2.C24H30ClN3O2/c1-6-12-31-25-11-10-24(17(3)18(25)4)19(5)28-15-23-13-22(28)16-29(23)26(30)20-8-9-21(7-2)27-14-20;1-5-10-30-22-8-7-21(15(2)16(22)3)17(4)27-13-20-11-19(27)14-28(20)24(29)18-6-9-23(25)26-12-18/h8-11,14,19,22-23H,6-7,12-13,15-16H2,1-5H3;6-9,12,17,19-20H,5,10-11,13-14H2,1-4H3/t19-,22-,23-;17-,19-,20-/m00/s1. The molecule has 8 rings (SSSR count). The number of fused-ring (bicyclic) bond motifs is 4. The topological polar surface area (TPSA) is 91.3 Å². The molecule has 4 aliphatic heterocycles. The van der Waals surface area contributed by atoms with Crippen LogP contribution in [0.1, 0.15) is 132 Å². The molecule has 4 saturated heterocycles. The minimum absolute atomic E-state index is 0.0587. The van der Waals surface area contributed by atoms with E-state index in [1.54, 1.807) is 24.5 Å². The summed E-state index contributed by atoms with van der Waals surface area (Å²) in [5, 5.41) is 0.409. The second kappa shape index (κ2) is 19.3. The minimum atomic E-state index is 0.0587. The van der Waals surface area contributed by atoms with E-state index in [1.165, 1.54) is 33.4 Å². The van der Waals surface area contributed by atoms with Crippen molar-refractivity contribution >= 4 is 23.4 Å². The highest BCUT2D eigenvalue weighted by atomic mass is 35.5. The molecule has 2 aromatic carbocycles. The van der Waals surface area contributed by atoms with Crippen molar-refractivity contribution in [2.24, 2.45) is 0 Å². The van der Waals surface area contributed by atoms with E-state index < -0.39 is 0 Å². The molecule has 2 amide bonds. The lowest BCUT2D eigenvalue weighted by atomic mass is 9.96. The van der Waals surface area contributed by atoms with Crippen molar-refractivity contribution in [3.05, 3.63) is 116 Å². The van der Waals surface area contributed by atoms with Crippen LogP contribution in [0.4, 0.5) is 0 Å². The van der Waals surface area contributed by atoms with Crippen molar-refractivity contribution in [3.63, 3.8) is 0 Å². The van der Waals surface area contributed by atoms with Crippen LogP contribution >= 0.6 is 11.6 Å². The van der Waals surface area contributed by atoms with Gasteiger partial charge < -0.3 is 19.3 Å². The monoisotopic (exact) mass is 848 g/mol. The number of carbonyl (C=O) groups excluding carboxylic acids is 2. The molecular formula is C50H65ClN6O4. The molecule has 2 aromatic heterocycles. The maximum atomic E-state index is 13.1. The van der Waals surface area contributed by atoms with Gasteiger partial charge in [0.15, 0.2) is 0 Å². The predicted molar refractivity (Wildman–Crippen MR) is 243 cm³/mol. The first-order chi connectivity index (χ1) is 29.3. The van der Waals surface area contributed by atoms with Gasteiger partial charge in [0, 0.05) is 80.5 Å². The fourth-order valence-corrected chi connectivity index (χ4v) is 10.2. The maximum absolute atomic E-state index is 13.1. The molecular weight excluding hydrogens is 784 g/mol. The predicted octanol–water partition coefficient (Wildman–Crippen LogP) is 9.51. The molecule has 4 bridgehead atoms. The fourth-order valence-electron chi connectivity index (χ4n) is 10.1. The zero-order valence-electron chi connectivity index (χ0n) is 37.7. The van der Waals surface area contributed by atoms with Gasteiger partial charge in [0.25, 0.3) is 11.8 Å². The maximum Gasteiger partial charge on any atom is 0.255 e. The number of amides is 2. The van der Waals surface area contributed by atoms with E-state index >= 15 is 0 Å². The van der Waals surface area contributed by atoms with Crippen molar-refractivity contribution in [1.82, 2.24) is 29.6 Å². The molecule has 0 aliphatic carbocycles. The van der Waals surface area contributed by atoms with E-state index in [2.05, 4.69) is 111 Å². The van der Waals surface area contributed by atoms with Gasteiger partial charge in [-0.1, -0.05) is 44.5 Å². The summed E-state index contributed by atoms with van der Waals surface area (Å²) < 4.78 is 11.8. The minimum Gasteiger partial charge on any atom is -0.493 e. The number of carbonyl (C=O) groups is 2. The van der Waals surface area contributed by atoms with Gasteiger partial charge in [-0.05, 0) is 143 Å². The third-order valence-corrected chi connectivity index (χ3v) is 14.1. The van der Waals surface area contributed by atoms with Crippen molar-refractivity contribution in [2.75, 3.05) is 39.4 Å². The second-order valence-corrected chi connectivity index (χ2v) is 17.9. The van der Waals surface area contributed by atoms with E-state index in [0.29, 0.717) is 46.5 Å². The first kappa shape index (κ1) is 44.5. The van der Waals surface area contributed by atoms with Crippen molar-refractivity contribution in [3.8, 4) is 11.5 Å². The number of nitrogens with zero attached hydrogens (tertiary/aromatic N) is 6. The Bertz CT molecular complexity index is 2180. The Balaban J connectivity index is 0.000000184. The lowest BCUT2D eigenvalue weighted by Gasteiger charge is -2.38. The largest absolute Gasteiger partial charge is 0.493 e. The number of halogens is 1. The summed E-state index contributed by atoms with van der Waals surface area (Å²) in [7, 11) is 0. The van der Waals surface area contributed by atoms with Crippen molar-refractivity contribution in [1.29, 1.82) is 0 Å². The summed E-state index contributed by atoms with van der Waals surface area (Å²) in [6.07, 6.45) is 8.32. The number of likely N-dealkylation sites (tertiary alicyclic amines) is 4. The molecule has 0 spiro atoms. The first-order valence-electron chi connectivity index (χ1n) is 22.5. The molecule has 11 heteroatoms. The Kier molecular flexibility index (Phi) is 14.1. The fraction of sp³-hybridized carbons (Fsp3) is 0.520. The smallest absolute Gasteiger partial charge is 0.255 e. The Hall–Kier alpha value is -4.51. The summed E-state index contributed by atoms with van der Waals surface area (Å²) in [5.74, 6) is 2.17. The lowest BCUT2D eigenvalue weighted by Crippen LogP contribution is -2.49. The van der Waals surface area contributed by atoms with Crippen LogP contribution < -0.4 is 9.47 Å². The van der Waals surface area contributed by atoms with E-state index in [0.717, 1.165) is 88.7 Å². The van der Waals surface area contributed by atoms with E-state index in [9.17, 15) is 9.59 Å². The Labute approximate surface area is 368 Å². The molecule has 0 saturated carbocycles. The zero-order valence-corrected chi connectivity index (χ0v) is 38.5. The molecule has 0 radical (unpaired) electrons. The van der Waals surface area contributed by atoms with Crippen molar-refractivity contribution < 1.29 is 19.1 Å². The summed E-state index contributed by atoms with van der Waals surface area (Å²) >= 11 is 5.86. The Morgan fingerprint density at radius 3 is 1.44 bits per heavy atom. The highest BCUT2D eigenvalue weighted by Gasteiger charge is 2.48. The summed E-state index contributed by atoms with van der Waals surface area (Å²) in [4.78, 5) is 43.7. The number of benzene rings is 2. The first-order valence-corrected chi connectivity index (χ1v) is 22.9. The van der Waals surface area contributed by atoms with Crippen LogP contribution in [0.3, 0.4) is 0 Å². The molecule has 4 fully saturated rings. The molecule has 4 aliphatic rings. The number of piperazine rings is 2. The van der Waals surface area contributed by atoms with Gasteiger partial charge in [-0.2, -0.15) is 0 Å². The van der Waals surface area contributed by atoms with Gasteiger partial charge in [0.1, 0.15) is 16.7 Å². The average Bonchev–Trinajstić information content (AvgIpc) is 4.09. The van der Waals surface area contributed by atoms with E-state index in [1.807, 2.05) is 17.0 Å². The molecule has 0 N–H and O–H groups in total. The van der Waals surface area contributed by atoms with Gasteiger partial charge >= 0.3 is 0 Å². The van der Waals surface area contributed by atoms with Crippen LogP contribution in [0, 0.1) is 27.7 Å². The highest BCUT2D eigenvalue weighted by Crippen LogP contribution is 2.41. The molecule has 326 valence electrons. The number of aryl methyl sites for hydroxylation is 1. The third-order valence-electron chi connectivity index (χ3n) is 13.9. The van der Waals surface area contributed by atoms with Gasteiger partial charge in [0.05, 0.1) is 24.3 Å². The zero-order chi connectivity index (χ0) is 43.5. The van der Waals surface area contributed by atoms with Crippen LogP contribution in [-0.4, -0.2) is 105 Å². The molecule has 6 atom stereocenters. The van der Waals surface area contributed by atoms with Gasteiger partial charge in [-0.25, -0.2) is 4.98 Å². The lowest BCUT2D eigenvalue weighted by molar-refractivity contribution is 0.0563. The number of aromatic nitrogens is 2. The van der Waals surface area contributed by atoms with E-state index in [4.69, 9.17) is 21.1 Å². The molecule has 10 nitrogen and oxygen atoms in total. The second-order valence-electron chi connectivity index (χ2n) is 17.5.